The molecule has 0 spiro atoms. The van der Waals surface area contributed by atoms with Crippen molar-refractivity contribution in [2.75, 3.05) is 13.6 Å². The van der Waals surface area contributed by atoms with Crippen molar-refractivity contribution >= 4 is 5.71 Å². The summed E-state index contributed by atoms with van der Waals surface area (Å²) in [5.41, 5.74) is 4.89. The predicted molar refractivity (Wildman–Crippen MR) is 74.9 cm³/mol. The lowest BCUT2D eigenvalue weighted by Gasteiger charge is -2.11. The Morgan fingerprint density at radius 2 is 1.67 bits per heavy atom. The minimum absolute atomic E-state index is 0.966. The molecule has 2 heteroatoms. The van der Waals surface area contributed by atoms with Gasteiger partial charge in [0.15, 0.2) is 0 Å². The Morgan fingerprint density at radius 1 is 0.944 bits per heavy atom. The average molecular weight is 236 g/mol. The number of likely N-dealkylation sites (N-methyl/N-ethyl adjacent to an activating group) is 1. The molecule has 0 unspecified atom stereocenters. The molecule has 1 aliphatic rings. The van der Waals surface area contributed by atoms with E-state index >= 15 is 0 Å². The smallest absolute Gasteiger partial charge is 0.0978 e. The van der Waals surface area contributed by atoms with E-state index in [1.165, 1.54) is 16.7 Å². The summed E-state index contributed by atoms with van der Waals surface area (Å²) in [6.07, 6.45) is 1.05. The highest BCUT2D eigenvalue weighted by Crippen LogP contribution is 2.19. The molecular weight excluding hydrogens is 220 g/mol. The maximum atomic E-state index is 4.74. The normalized spacial score (nSPS) is 14.7. The predicted octanol–water partition coefficient (Wildman–Crippen LogP) is 2.93. The summed E-state index contributed by atoms with van der Waals surface area (Å²) in [4.78, 5) is 0. The fraction of sp³-hybridized carbons (Fsp3) is 0.188. The van der Waals surface area contributed by atoms with Crippen molar-refractivity contribution in [3.05, 3.63) is 71.3 Å². The highest BCUT2D eigenvalue weighted by Gasteiger charge is 2.15. The fourth-order valence-corrected chi connectivity index (χ4v) is 2.34. The molecular formula is C16H16N2. The Morgan fingerprint density at radius 3 is 2.50 bits per heavy atom. The van der Waals surface area contributed by atoms with Gasteiger partial charge in [0.05, 0.1) is 5.71 Å². The van der Waals surface area contributed by atoms with Crippen LogP contribution in [0.1, 0.15) is 16.7 Å². The zero-order valence-corrected chi connectivity index (χ0v) is 10.5. The quantitative estimate of drug-likeness (QED) is 0.743. The van der Waals surface area contributed by atoms with E-state index < -0.39 is 0 Å². The van der Waals surface area contributed by atoms with E-state index in [-0.39, 0.29) is 0 Å². The van der Waals surface area contributed by atoms with Gasteiger partial charge in [0.1, 0.15) is 0 Å². The number of benzene rings is 2. The number of hydrogen-bond acceptors (Lipinski definition) is 2. The second kappa shape index (κ2) is 4.65. The minimum Gasteiger partial charge on any atom is -0.299 e. The lowest BCUT2D eigenvalue weighted by molar-refractivity contribution is 0.362. The van der Waals surface area contributed by atoms with Gasteiger partial charge in [0.2, 0.25) is 0 Å². The van der Waals surface area contributed by atoms with Gasteiger partial charge in [-0.15, -0.1) is 0 Å². The van der Waals surface area contributed by atoms with E-state index in [1.54, 1.807) is 0 Å². The maximum absolute atomic E-state index is 4.74. The van der Waals surface area contributed by atoms with Crippen LogP contribution in [0, 0.1) is 0 Å². The van der Waals surface area contributed by atoms with Crippen LogP contribution >= 0.6 is 0 Å². The summed E-state index contributed by atoms with van der Waals surface area (Å²) < 4.78 is 0. The zero-order chi connectivity index (χ0) is 12.4. The molecule has 2 nitrogen and oxygen atoms in total. The van der Waals surface area contributed by atoms with Crippen molar-refractivity contribution in [2.45, 2.75) is 6.42 Å². The first-order valence-corrected chi connectivity index (χ1v) is 6.28. The molecule has 3 rings (SSSR count). The van der Waals surface area contributed by atoms with Gasteiger partial charge in [0, 0.05) is 24.7 Å². The van der Waals surface area contributed by atoms with Gasteiger partial charge in [-0.3, -0.25) is 5.01 Å². The molecule has 0 saturated heterocycles. The zero-order valence-electron chi connectivity index (χ0n) is 10.5. The molecule has 0 N–H and O–H groups in total. The first-order chi connectivity index (χ1) is 8.84. The molecule has 1 aliphatic heterocycles. The third kappa shape index (κ3) is 2.02. The SMILES string of the molecule is CN1CCc2ccccc2C(c2ccccc2)=N1. The topological polar surface area (TPSA) is 15.6 Å². The summed E-state index contributed by atoms with van der Waals surface area (Å²) in [6.45, 7) is 0.966. The lowest BCUT2D eigenvalue weighted by Crippen LogP contribution is -2.14. The van der Waals surface area contributed by atoms with E-state index in [2.05, 4.69) is 48.5 Å². The molecule has 90 valence electrons. The van der Waals surface area contributed by atoms with Crippen molar-refractivity contribution in [1.29, 1.82) is 0 Å². The van der Waals surface area contributed by atoms with Gasteiger partial charge in [-0.2, -0.15) is 5.10 Å². The Hall–Kier alpha value is -2.09. The van der Waals surface area contributed by atoms with Crippen molar-refractivity contribution in [1.82, 2.24) is 5.01 Å². The van der Waals surface area contributed by atoms with Crippen LogP contribution in [-0.4, -0.2) is 24.3 Å². The summed E-state index contributed by atoms with van der Waals surface area (Å²) in [6, 6.07) is 19.0. The van der Waals surface area contributed by atoms with E-state index in [0.29, 0.717) is 0 Å². The Balaban J connectivity index is 2.16. The first kappa shape index (κ1) is 11.0. The largest absolute Gasteiger partial charge is 0.299 e. The van der Waals surface area contributed by atoms with Crippen LogP contribution in [0.3, 0.4) is 0 Å². The molecule has 2 aromatic carbocycles. The number of rotatable bonds is 1. The minimum atomic E-state index is 0.966. The molecule has 0 aliphatic carbocycles. The molecule has 0 fully saturated rings. The van der Waals surface area contributed by atoms with Crippen LogP contribution in [0.15, 0.2) is 59.7 Å². The van der Waals surface area contributed by atoms with Crippen molar-refractivity contribution in [2.24, 2.45) is 5.10 Å². The highest BCUT2D eigenvalue weighted by molar-refractivity contribution is 6.13. The second-order valence-corrected chi connectivity index (χ2v) is 4.60. The fourth-order valence-electron chi connectivity index (χ4n) is 2.34. The van der Waals surface area contributed by atoms with E-state index in [4.69, 9.17) is 5.10 Å². The number of nitrogens with zero attached hydrogens (tertiary/aromatic N) is 2. The molecule has 0 bridgehead atoms. The third-order valence-electron chi connectivity index (χ3n) is 3.30. The molecule has 0 saturated carbocycles. The number of hydrazone groups is 1. The van der Waals surface area contributed by atoms with Gasteiger partial charge in [0.25, 0.3) is 0 Å². The summed E-state index contributed by atoms with van der Waals surface area (Å²) in [5, 5.41) is 6.77. The Bertz CT molecular complexity index is 573. The molecule has 1 heterocycles. The molecule has 0 amide bonds. The van der Waals surface area contributed by atoms with Gasteiger partial charge in [-0.05, 0) is 12.0 Å². The van der Waals surface area contributed by atoms with Crippen molar-refractivity contribution in [3.63, 3.8) is 0 Å². The highest BCUT2D eigenvalue weighted by atomic mass is 15.4. The Labute approximate surface area is 108 Å². The van der Waals surface area contributed by atoms with Crippen LogP contribution < -0.4 is 0 Å². The van der Waals surface area contributed by atoms with Crippen molar-refractivity contribution < 1.29 is 0 Å². The second-order valence-electron chi connectivity index (χ2n) is 4.60. The van der Waals surface area contributed by atoms with Gasteiger partial charge < -0.3 is 0 Å². The van der Waals surface area contributed by atoms with Gasteiger partial charge in [-0.1, -0.05) is 54.6 Å². The summed E-state index contributed by atoms with van der Waals surface area (Å²) >= 11 is 0. The van der Waals surface area contributed by atoms with E-state index in [1.807, 2.05) is 18.1 Å². The van der Waals surface area contributed by atoms with E-state index in [0.717, 1.165) is 18.7 Å². The standard InChI is InChI=1S/C16H16N2/c1-18-12-11-13-7-5-6-10-15(13)16(17-18)14-8-3-2-4-9-14/h2-10H,11-12H2,1H3. The van der Waals surface area contributed by atoms with Crippen molar-refractivity contribution in [3.8, 4) is 0 Å². The number of fused-ring (bicyclic) bond motifs is 1. The Kier molecular flexibility index (Phi) is 2.85. The molecule has 2 aromatic rings. The molecule has 0 atom stereocenters. The van der Waals surface area contributed by atoms with E-state index in [9.17, 15) is 0 Å². The van der Waals surface area contributed by atoms with Gasteiger partial charge >= 0.3 is 0 Å². The monoisotopic (exact) mass is 236 g/mol. The molecule has 18 heavy (non-hydrogen) atoms. The lowest BCUT2D eigenvalue weighted by atomic mass is 9.96. The van der Waals surface area contributed by atoms with Crippen LogP contribution in [0.4, 0.5) is 0 Å². The van der Waals surface area contributed by atoms with Gasteiger partial charge in [-0.25, -0.2) is 0 Å². The van der Waals surface area contributed by atoms with Crippen LogP contribution in [0.2, 0.25) is 0 Å². The third-order valence-corrected chi connectivity index (χ3v) is 3.30. The van der Waals surface area contributed by atoms with Crippen LogP contribution in [0.25, 0.3) is 0 Å². The molecule has 0 aromatic heterocycles. The maximum Gasteiger partial charge on any atom is 0.0978 e. The first-order valence-electron chi connectivity index (χ1n) is 6.28. The van der Waals surface area contributed by atoms with Crippen LogP contribution in [0.5, 0.6) is 0 Å². The van der Waals surface area contributed by atoms with Crippen LogP contribution in [-0.2, 0) is 6.42 Å². The molecule has 0 radical (unpaired) electrons. The average Bonchev–Trinajstić information content (AvgIpc) is 2.60. The summed E-state index contributed by atoms with van der Waals surface area (Å²) in [7, 11) is 2.04. The summed E-state index contributed by atoms with van der Waals surface area (Å²) in [5.74, 6) is 0. The number of hydrogen-bond donors (Lipinski definition) is 0.